The molecule has 0 unspecified atom stereocenters. The van der Waals surface area contributed by atoms with Crippen molar-refractivity contribution in [1.82, 2.24) is 15.3 Å². The van der Waals surface area contributed by atoms with Gasteiger partial charge in [-0.3, -0.25) is 4.79 Å². The van der Waals surface area contributed by atoms with Crippen LogP contribution in [0.25, 0.3) is 0 Å². The van der Waals surface area contributed by atoms with Crippen LogP contribution in [0.2, 0.25) is 0 Å². The number of rotatable bonds is 4. The van der Waals surface area contributed by atoms with Gasteiger partial charge in [-0.1, -0.05) is 6.92 Å². The number of nitrogens with one attached hydrogen (secondary N) is 2. The van der Waals surface area contributed by atoms with E-state index in [0.29, 0.717) is 6.42 Å². The van der Waals surface area contributed by atoms with E-state index >= 15 is 0 Å². The van der Waals surface area contributed by atoms with Gasteiger partial charge < -0.3 is 10.3 Å². The molecule has 1 atom stereocenters. The quantitative estimate of drug-likeness (QED) is 0.719. The Kier molecular flexibility index (Phi) is 3.49. The van der Waals surface area contributed by atoms with Gasteiger partial charge in [0.25, 0.3) is 0 Å². The number of amides is 1. The topological polar surface area (TPSA) is 57.8 Å². The van der Waals surface area contributed by atoms with Gasteiger partial charge in [-0.05, 0) is 6.42 Å². The zero-order valence-corrected chi connectivity index (χ0v) is 8.00. The fraction of sp³-hybridized carbons (Fsp3) is 0.556. The Balaban J connectivity index is 2.54. The third-order valence-corrected chi connectivity index (χ3v) is 2.10. The van der Waals surface area contributed by atoms with Gasteiger partial charge in [-0.2, -0.15) is 0 Å². The van der Waals surface area contributed by atoms with Crippen LogP contribution in [-0.2, 0) is 11.2 Å². The van der Waals surface area contributed by atoms with Crippen LogP contribution in [0.1, 0.15) is 19.2 Å². The zero-order valence-electron chi connectivity index (χ0n) is 8.00. The summed E-state index contributed by atoms with van der Waals surface area (Å²) in [6, 6.07) is 0. The number of aromatic nitrogens is 2. The first kappa shape index (κ1) is 9.77. The molecule has 1 heterocycles. The molecule has 0 aliphatic carbocycles. The lowest BCUT2D eigenvalue weighted by Gasteiger charge is -2.10. The smallest absolute Gasteiger partial charge is 0.223 e. The van der Waals surface area contributed by atoms with Crippen molar-refractivity contribution in [3.05, 3.63) is 18.2 Å². The Morgan fingerprint density at radius 2 is 2.54 bits per heavy atom. The maximum absolute atomic E-state index is 11.3. The predicted molar refractivity (Wildman–Crippen MR) is 50.1 cm³/mol. The average Bonchev–Trinajstić information content (AvgIpc) is 2.65. The molecule has 1 aromatic heterocycles. The van der Waals surface area contributed by atoms with E-state index in [0.717, 1.165) is 12.2 Å². The highest BCUT2D eigenvalue weighted by Crippen LogP contribution is 2.08. The van der Waals surface area contributed by atoms with Gasteiger partial charge in [0, 0.05) is 31.8 Å². The highest BCUT2D eigenvalue weighted by molar-refractivity contribution is 5.78. The van der Waals surface area contributed by atoms with Gasteiger partial charge in [0.1, 0.15) is 5.82 Å². The molecule has 0 radical (unpaired) electrons. The first-order valence-electron chi connectivity index (χ1n) is 4.47. The maximum atomic E-state index is 11.3. The first-order chi connectivity index (χ1) is 6.27. The van der Waals surface area contributed by atoms with Crippen LogP contribution in [0.15, 0.2) is 12.4 Å². The lowest BCUT2D eigenvalue weighted by atomic mass is 10.0. The largest absolute Gasteiger partial charge is 0.359 e. The predicted octanol–water partition coefficient (Wildman–Crippen LogP) is 0.724. The van der Waals surface area contributed by atoms with Gasteiger partial charge in [0.2, 0.25) is 5.91 Å². The second-order valence-corrected chi connectivity index (χ2v) is 2.96. The Morgan fingerprint density at radius 3 is 3.00 bits per heavy atom. The van der Waals surface area contributed by atoms with Crippen LogP contribution in [-0.4, -0.2) is 22.9 Å². The molecule has 4 nitrogen and oxygen atoms in total. The third-order valence-electron chi connectivity index (χ3n) is 2.10. The Morgan fingerprint density at radius 1 is 1.77 bits per heavy atom. The summed E-state index contributed by atoms with van der Waals surface area (Å²) in [4.78, 5) is 18.4. The summed E-state index contributed by atoms with van der Waals surface area (Å²) in [5, 5.41) is 2.65. The second kappa shape index (κ2) is 4.64. The van der Waals surface area contributed by atoms with Gasteiger partial charge >= 0.3 is 0 Å². The number of carbonyl (C=O) groups is 1. The molecule has 0 aliphatic rings. The van der Waals surface area contributed by atoms with Crippen molar-refractivity contribution in [1.29, 1.82) is 0 Å². The molecular formula is C9H15N3O. The zero-order chi connectivity index (χ0) is 9.68. The summed E-state index contributed by atoms with van der Waals surface area (Å²) in [6.07, 6.45) is 4.99. The monoisotopic (exact) mass is 181 g/mol. The van der Waals surface area contributed by atoms with Crippen molar-refractivity contribution in [3.8, 4) is 0 Å². The summed E-state index contributed by atoms with van der Waals surface area (Å²) in [7, 11) is 1.66. The molecular weight excluding hydrogens is 166 g/mol. The van der Waals surface area contributed by atoms with Crippen molar-refractivity contribution in [2.75, 3.05) is 7.05 Å². The van der Waals surface area contributed by atoms with E-state index in [1.807, 2.05) is 6.92 Å². The number of hydrogen-bond acceptors (Lipinski definition) is 2. The minimum absolute atomic E-state index is 0.0242. The molecule has 0 aromatic carbocycles. The minimum Gasteiger partial charge on any atom is -0.359 e. The van der Waals surface area contributed by atoms with Crippen LogP contribution < -0.4 is 5.32 Å². The molecule has 1 rings (SSSR count). The molecule has 0 fully saturated rings. The van der Waals surface area contributed by atoms with Gasteiger partial charge in [-0.15, -0.1) is 0 Å². The van der Waals surface area contributed by atoms with Gasteiger partial charge in [0.05, 0.1) is 0 Å². The SMILES string of the molecule is CC[C@@H](Cc1ncc[nH]1)C(=O)NC. The lowest BCUT2D eigenvalue weighted by Crippen LogP contribution is -2.28. The molecule has 0 aliphatic heterocycles. The number of hydrogen-bond donors (Lipinski definition) is 2. The summed E-state index contributed by atoms with van der Waals surface area (Å²) in [5.41, 5.74) is 0. The van der Waals surface area contributed by atoms with Crippen molar-refractivity contribution >= 4 is 5.91 Å². The normalized spacial score (nSPS) is 12.5. The van der Waals surface area contributed by atoms with Crippen LogP contribution in [0.5, 0.6) is 0 Å². The lowest BCUT2D eigenvalue weighted by molar-refractivity contribution is -0.124. The summed E-state index contributed by atoms with van der Waals surface area (Å²) in [5.74, 6) is 0.977. The summed E-state index contributed by atoms with van der Waals surface area (Å²) >= 11 is 0. The van der Waals surface area contributed by atoms with Crippen LogP contribution in [0, 0.1) is 5.92 Å². The Bertz CT molecular complexity index is 256. The molecule has 0 saturated carbocycles. The van der Waals surface area contributed by atoms with Crippen LogP contribution >= 0.6 is 0 Å². The fourth-order valence-corrected chi connectivity index (χ4v) is 1.27. The first-order valence-corrected chi connectivity index (χ1v) is 4.47. The number of imidazole rings is 1. The van der Waals surface area contributed by atoms with E-state index in [1.165, 1.54) is 0 Å². The van der Waals surface area contributed by atoms with E-state index in [2.05, 4.69) is 15.3 Å². The summed E-state index contributed by atoms with van der Waals surface area (Å²) in [6.45, 7) is 2.00. The highest BCUT2D eigenvalue weighted by atomic mass is 16.1. The van der Waals surface area contributed by atoms with E-state index in [-0.39, 0.29) is 11.8 Å². The Labute approximate surface area is 77.8 Å². The number of aromatic amines is 1. The highest BCUT2D eigenvalue weighted by Gasteiger charge is 2.16. The molecule has 2 N–H and O–H groups in total. The Hall–Kier alpha value is -1.32. The maximum Gasteiger partial charge on any atom is 0.223 e. The van der Waals surface area contributed by atoms with Crippen molar-refractivity contribution in [2.24, 2.45) is 5.92 Å². The second-order valence-electron chi connectivity index (χ2n) is 2.96. The van der Waals surface area contributed by atoms with E-state index in [4.69, 9.17) is 0 Å². The standard InChI is InChI=1S/C9H15N3O/c1-3-7(9(13)10-2)6-8-11-4-5-12-8/h4-5,7H,3,6H2,1-2H3,(H,10,13)(H,11,12)/t7-/m0/s1. The number of H-pyrrole nitrogens is 1. The van der Waals surface area contributed by atoms with E-state index in [9.17, 15) is 4.79 Å². The van der Waals surface area contributed by atoms with Crippen LogP contribution in [0.4, 0.5) is 0 Å². The van der Waals surface area contributed by atoms with Crippen molar-refractivity contribution in [2.45, 2.75) is 19.8 Å². The molecule has 0 spiro atoms. The van der Waals surface area contributed by atoms with Gasteiger partial charge in [-0.25, -0.2) is 4.98 Å². The molecule has 72 valence electrons. The minimum atomic E-state index is 0.0242. The van der Waals surface area contributed by atoms with Crippen molar-refractivity contribution < 1.29 is 4.79 Å². The van der Waals surface area contributed by atoms with E-state index < -0.39 is 0 Å². The fourth-order valence-electron chi connectivity index (χ4n) is 1.27. The summed E-state index contributed by atoms with van der Waals surface area (Å²) < 4.78 is 0. The van der Waals surface area contributed by atoms with Crippen LogP contribution in [0.3, 0.4) is 0 Å². The molecule has 0 saturated heterocycles. The van der Waals surface area contributed by atoms with Gasteiger partial charge in [0.15, 0.2) is 0 Å². The average molecular weight is 181 g/mol. The number of nitrogens with zero attached hydrogens (tertiary/aromatic N) is 1. The van der Waals surface area contributed by atoms with Crippen molar-refractivity contribution in [3.63, 3.8) is 0 Å². The third kappa shape index (κ3) is 2.57. The van der Waals surface area contributed by atoms with E-state index in [1.54, 1.807) is 19.4 Å². The molecule has 13 heavy (non-hydrogen) atoms. The molecule has 1 aromatic rings. The number of carbonyl (C=O) groups excluding carboxylic acids is 1. The molecule has 1 amide bonds. The molecule has 0 bridgehead atoms. The molecule has 4 heteroatoms.